The predicted molar refractivity (Wildman–Crippen MR) is 89.8 cm³/mol. The Kier molecular flexibility index (Phi) is 4.15. The molecule has 7 nitrogen and oxygen atoms in total. The van der Waals surface area contributed by atoms with Gasteiger partial charge in [-0.05, 0) is 36.8 Å². The number of nitrogens with one attached hydrogen (secondary N) is 1. The van der Waals surface area contributed by atoms with Crippen molar-refractivity contribution in [2.75, 3.05) is 18.4 Å². The van der Waals surface area contributed by atoms with Crippen LogP contribution < -0.4 is 5.32 Å². The first-order chi connectivity index (χ1) is 11.8. The van der Waals surface area contributed by atoms with Crippen LogP contribution in [0.5, 0.6) is 0 Å². The SMILES string of the molecule is O=C(Nc1ccc(-n2cncn2)nc1)N1CC[C@H]2CCCC[C@@H]2C1. The second-order valence-corrected chi connectivity index (χ2v) is 6.71. The number of aromatic nitrogens is 4. The fraction of sp³-hybridized carbons (Fsp3) is 0.529. The Hall–Kier alpha value is -2.44. The van der Waals surface area contributed by atoms with Gasteiger partial charge in [-0.1, -0.05) is 19.3 Å². The topological polar surface area (TPSA) is 75.9 Å². The molecule has 2 atom stereocenters. The summed E-state index contributed by atoms with van der Waals surface area (Å²) in [6.07, 6.45) is 11.1. The first-order valence-electron chi connectivity index (χ1n) is 8.66. The van der Waals surface area contributed by atoms with Crippen LogP contribution in [0.2, 0.25) is 0 Å². The van der Waals surface area contributed by atoms with Crippen molar-refractivity contribution < 1.29 is 4.79 Å². The molecule has 7 heteroatoms. The van der Waals surface area contributed by atoms with Gasteiger partial charge in [-0.2, -0.15) is 5.10 Å². The number of nitrogens with zero attached hydrogens (tertiary/aromatic N) is 5. The summed E-state index contributed by atoms with van der Waals surface area (Å²) in [5, 5.41) is 7.00. The Balaban J connectivity index is 1.37. The van der Waals surface area contributed by atoms with Crippen LogP contribution in [0.25, 0.3) is 5.82 Å². The van der Waals surface area contributed by atoms with Crippen LogP contribution in [-0.4, -0.2) is 43.8 Å². The smallest absolute Gasteiger partial charge is 0.321 e. The lowest BCUT2D eigenvalue weighted by Crippen LogP contribution is -2.46. The fourth-order valence-corrected chi connectivity index (χ4v) is 3.91. The average molecular weight is 326 g/mol. The molecule has 0 bridgehead atoms. The summed E-state index contributed by atoms with van der Waals surface area (Å²) in [5.74, 6) is 2.19. The molecule has 24 heavy (non-hydrogen) atoms. The number of anilines is 1. The zero-order valence-electron chi connectivity index (χ0n) is 13.6. The standard InChI is InChI=1S/C17H22N6O/c24-17(22-8-7-13-3-1-2-4-14(13)10-22)21-15-5-6-16(19-9-15)23-12-18-11-20-23/h5-6,9,11-14H,1-4,7-8,10H2,(H,21,24)/t13-,14-/m1/s1. The maximum absolute atomic E-state index is 12.5. The summed E-state index contributed by atoms with van der Waals surface area (Å²) in [5.41, 5.74) is 0.703. The Bertz CT molecular complexity index is 684. The number of rotatable bonds is 2. The summed E-state index contributed by atoms with van der Waals surface area (Å²) < 4.78 is 1.58. The van der Waals surface area contributed by atoms with E-state index in [1.165, 1.54) is 32.0 Å². The van der Waals surface area contributed by atoms with Crippen LogP contribution in [0.1, 0.15) is 32.1 Å². The van der Waals surface area contributed by atoms with E-state index in [0.29, 0.717) is 17.4 Å². The highest BCUT2D eigenvalue weighted by Crippen LogP contribution is 2.36. The summed E-state index contributed by atoms with van der Waals surface area (Å²) in [6, 6.07) is 3.64. The third-order valence-corrected chi connectivity index (χ3v) is 5.23. The molecular formula is C17H22N6O. The molecule has 0 unspecified atom stereocenters. The Morgan fingerprint density at radius 2 is 2.04 bits per heavy atom. The largest absolute Gasteiger partial charge is 0.324 e. The van der Waals surface area contributed by atoms with Crippen molar-refractivity contribution >= 4 is 11.7 Å². The zero-order valence-corrected chi connectivity index (χ0v) is 13.6. The molecule has 126 valence electrons. The van der Waals surface area contributed by atoms with Crippen molar-refractivity contribution in [3.05, 3.63) is 31.0 Å². The van der Waals surface area contributed by atoms with Gasteiger partial charge < -0.3 is 10.2 Å². The summed E-state index contributed by atoms with van der Waals surface area (Å²) >= 11 is 0. The number of carbonyl (C=O) groups is 1. The molecule has 1 saturated carbocycles. The molecule has 1 aliphatic heterocycles. The van der Waals surface area contributed by atoms with Gasteiger partial charge in [0.2, 0.25) is 0 Å². The maximum atomic E-state index is 12.5. The van der Waals surface area contributed by atoms with Crippen molar-refractivity contribution in [3.8, 4) is 5.82 Å². The first kappa shape index (κ1) is 15.1. The van der Waals surface area contributed by atoms with E-state index in [1.807, 2.05) is 17.0 Å². The van der Waals surface area contributed by atoms with Gasteiger partial charge in [-0.3, -0.25) is 0 Å². The monoisotopic (exact) mass is 326 g/mol. The van der Waals surface area contributed by atoms with Gasteiger partial charge in [0, 0.05) is 13.1 Å². The van der Waals surface area contributed by atoms with Gasteiger partial charge in [0.05, 0.1) is 11.9 Å². The summed E-state index contributed by atoms with van der Waals surface area (Å²) in [7, 11) is 0. The molecule has 0 aromatic carbocycles. The molecule has 0 spiro atoms. The minimum Gasteiger partial charge on any atom is -0.324 e. The van der Waals surface area contributed by atoms with Gasteiger partial charge >= 0.3 is 6.03 Å². The minimum atomic E-state index is -0.0191. The number of hydrogen-bond donors (Lipinski definition) is 1. The molecule has 3 heterocycles. The van der Waals surface area contributed by atoms with Gasteiger partial charge in [0.25, 0.3) is 0 Å². The number of carbonyl (C=O) groups excluding carboxylic acids is 1. The second-order valence-electron chi connectivity index (χ2n) is 6.71. The van der Waals surface area contributed by atoms with Crippen molar-refractivity contribution in [2.45, 2.75) is 32.1 Å². The first-order valence-corrected chi connectivity index (χ1v) is 8.66. The third kappa shape index (κ3) is 3.11. The molecular weight excluding hydrogens is 304 g/mol. The van der Waals surface area contributed by atoms with E-state index >= 15 is 0 Å². The number of hydrogen-bond acceptors (Lipinski definition) is 4. The van der Waals surface area contributed by atoms with Gasteiger partial charge in [0.1, 0.15) is 12.7 Å². The lowest BCUT2D eigenvalue weighted by Gasteiger charge is -2.41. The van der Waals surface area contributed by atoms with Crippen LogP contribution in [0.3, 0.4) is 0 Å². The quantitative estimate of drug-likeness (QED) is 0.920. The lowest BCUT2D eigenvalue weighted by molar-refractivity contribution is 0.108. The number of urea groups is 1. The molecule has 2 aromatic rings. The molecule has 2 aliphatic rings. The summed E-state index contributed by atoms with van der Waals surface area (Å²) in [4.78, 5) is 22.7. The number of pyridine rings is 1. The molecule has 2 aromatic heterocycles. The molecule has 1 saturated heterocycles. The van der Waals surface area contributed by atoms with E-state index in [4.69, 9.17) is 0 Å². The van der Waals surface area contributed by atoms with E-state index in [0.717, 1.165) is 25.4 Å². The van der Waals surface area contributed by atoms with Crippen molar-refractivity contribution in [2.24, 2.45) is 11.8 Å². The molecule has 2 fully saturated rings. The molecule has 1 N–H and O–H groups in total. The van der Waals surface area contributed by atoms with E-state index < -0.39 is 0 Å². The third-order valence-electron chi connectivity index (χ3n) is 5.23. The molecule has 2 amide bonds. The highest BCUT2D eigenvalue weighted by molar-refractivity contribution is 5.89. The normalized spacial score (nSPS) is 23.6. The van der Waals surface area contributed by atoms with Crippen LogP contribution in [-0.2, 0) is 0 Å². The van der Waals surface area contributed by atoms with Crippen LogP contribution in [0.4, 0.5) is 10.5 Å². The van der Waals surface area contributed by atoms with Crippen molar-refractivity contribution in [3.63, 3.8) is 0 Å². The van der Waals surface area contributed by atoms with E-state index in [1.54, 1.807) is 17.2 Å². The molecule has 1 aliphatic carbocycles. The molecule has 4 rings (SSSR count). The fourth-order valence-electron chi connectivity index (χ4n) is 3.91. The van der Waals surface area contributed by atoms with Crippen molar-refractivity contribution in [1.29, 1.82) is 0 Å². The van der Waals surface area contributed by atoms with Crippen molar-refractivity contribution in [1.82, 2.24) is 24.6 Å². The Labute approximate surface area is 141 Å². The Morgan fingerprint density at radius 3 is 2.79 bits per heavy atom. The minimum absolute atomic E-state index is 0.0191. The highest BCUT2D eigenvalue weighted by atomic mass is 16.2. The number of likely N-dealkylation sites (tertiary alicyclic amines) is 1. The van der Waals surface area contributed by atoms with Gasteiger partial charge in [-0.25, -0.2) is 19.4 Å². The highest BCUT2D eigenvalue weighted by Gasteiger charge is 2.32. The van der Waals surface area contributed by atoms with E-state index in [2.05, 4.69) is 20.4 Å². The maximum Gasteiger partial charge on any atom is 0.321 e. The Morgan fingerprint density at radius 1 is 1.17 bits per heavy atom. The lowest BCUT2D eigenvalue weighted by atomic mass is 9.75. The van der Waals surface area contributed by atoms with E-state index in [-0.39, 0.29) is 6.03 Å². The average Bonchev–Trinajstić information content (AvgIpc) is 3.16. The van der Waals surface area contributed by atoms with E-state index in [9.17, 15) is 4.79 Å². The van der Waals surface area contributed by atoms with Gasteiger partial charge in [-0.15, -0.1) is 0 Å². The number of fused-ring (bicyclic) bond motifs is 1. The number of amides is 2. The predicted octanol–water partition coefficient (Wildman–Crippen LogP) is 2.71. The summed E-state index contributed by atoms with van der Waals surface area (Å²) in [6.45, 7) is 1.75. The number of piperidine rings is 1. The molecule has 0 radical (unpaired) electrons. The zero-order chi connectivity index (χ0) is 16.4. The van der Waals surface area contributed by atoms with Gasteiger partial charge in [0.15, 0.2) is 5.82 Å². The second kappa shape index (κ2) is 6.59. The van der Waals surface area contributed by atoms with Crippen LogP contribution in [0, 0.1) is 11.8 Å². The van der Waals surface area contributed by atoms with Crippen LogP contribution >= 0.6 is 0 Å². The van der Waals surface area contributed by atoms with Crippen LogP contribution in [0.15, 0.2) is 31.0 Å².